The fraction of sp³-hybridized carbons (Fsp3) is 0.133. The molecule has 1 N–H and O–H groups in total. The maximum absolute atomic E-state index is 10.7. The number of benzene rings is 2. The average molecular weight is 304 g/mol. The molecule has 2 aromatic rings. The van der Waals surface area contributed by atoms with Crippen molar-refractivity contribution in [2.45, 2.75) is 0 Å². The molecule has 108 valence electrons. The van der Waals surface area contributed by atoms with E-state index in [1.54, 1.807) is 18.3 Å². The van der Waals surface area contributed by atoms with Crippen molar-refractivity contribution in [2.75, 3.05) is 18.4 Å². The Morgan fingerprint density at radius 3 is 2.81 bits per heavy atom. The zero-order chi connectivity index (χ0) is 15.1. The second kappa shape index (κ2) is 7.40. The first-order valence-electron chi connectivity index (χ1n) is 6.39. The van der Waals surface area contributed by atoms with Crippen LogP contribution in [0.15, 0.2) is 53.5 Å². The summed E-state index contributed by atoms with van der Waals surface area (Å²) < 4.78 is 0. The smallest absolute Gasteiger partial charge is 0.270 e. The van der Waals surface area contributed by atoms with Gasteiger partial charge in [-0.25, -0.2) is 0 Å². The molecule has 0 fully saturated rings. The van der Waals surface area contributed by atoms with E-state index in [1.807, 2.05) is 24.3 Å². The van der Waals surface area contributed by atoms with E-state index in [-0.39, 0.29) is 5.69 Å². The minimum atomic E-state index is -0.419. The molecule has 0 saturated heterocycles. The van der Waals surface area contributed by atoms with Crippen molar-refractivity contribution in [1.82, 2.24) is 0 Å². The number of nitro groups is 1. The molecule has 0 saturated carbocycles. The first kappa shape index (κ1) is 15.0. The molecule has 0 bridgehead atoms. The van der Waals surface area contributed by atoms with E-state index in [9.17, 15) is 10.1 Å². The van der Waals surface area contributed by atoms with Gasteiger partial charge in [-0.3, -0.25) is 15.1 Å². The van der Waals surface area contributed by atoms with E-state index in [0.717, 1.165) is 5.69 Å². The summed E-state index contributed by atoms with van der Waals surface area (Å²) in [7, 11) is 0. The molecule has 0 heterocycles. The predicted octanol–water partition coefficient (Wildman–Crippen LogP) is 3.78. The van der Waals surface area contributed by atoms with Crippen LogP contribution >= 0.6 is 11.6 Å². The van der Waals surface area contributed by atoms with Crippen LogP contribution < -0.4 is 5.32 Å². The molecule has 0 amide bonds. The van der Waals surface area contributed by atoms with Crippen molar-refractivity contribution in [1.29, 1.82) is 0 Å². The van der Waals surface area contributed by atoms with E-state index >= 15 is 0 Å². The SMILES string of the molecule is O=[N+]([O-])c1cccc(C=NCCNc2cccc(Cl)c2)c1. The molecule has 0 aliphatic heterocycles. The lowest BCUT2D eigenvalue weighted by Crippen LogP contribution is -2.04. The molecule has 0 aromatic heterocycles. The third-order valence-electron chi connectivity index (χ3n) is 2.72. The Bertz CT molecular complexity index is 659. The summed E-state index contributed by atoms with van der Waals surface area (Å²) in [5, 5.41) is 14.5. The normalized spacial score (nSPS) is 10.7. The van der Waals surface area contributed by atoms with Crippen molar-refractivity contribution in [2.24, 2.45) is 4.99 Å². The quantitative estimate of drug-likeness (QED) is 0.382. The first-order chi connectivity index (χ1) is 10.1. The minimum Gasteiger partial charge on any atom is -0.383 e. The number of halogens is 1. The molecular weight excluding hydrogens is 290 g/mol. The topological polar surface area (TPSA) is 67.5 Å². The molecule has 5 nitrogen and oxygen atoms in total. The summed E-state index contributed by atoms with van der Waals surface area (Å²) in [6.07, 6.45) is 1.63. The highest BCUT2D eigenvalue weighted by atomic mass is 35.5. The lowest BCUT2D eigenvalue weighted by atomic mass is 10.2. The number of hydrogen-bond donors (Lipinski definition) is 1. The molecule has 2 aromatic carbocycles. The van der Waals surface area contributed by atoms with E-state index < -0.39 is 4.92 Å². The van der Waals surface area contributed by atoms with Crippen LogP contribution in [0.2, 0.25) is 5.02 Å². The van der Waals surface area contributed by atoms with Crippen LogP contribution in [-0.4, -0.2) is 24.2 Å². The Morgan fingerprint density at radius 2 is 2.05 bits per heavy atom. The maximum Gasteiger partial charge on any atom is 0.270 e. The number of rotatable bonds is 6. The van der Waals surface area contributed by atoms with Gasteiger partial charge in [0.2, 0.25) is 0 Å². The second-order valence-corrected chi connectivity index (χ2v) is 4.76. The van der Waals surface area contributed by atoms with Gasteiger partial charge in [0.25, 0.3) is 5.69 Å². The fourth-order valence-corrected chi connectivity index (χ4v) is 1.94. The Hall–Kier alpha value is -2.40. The highest BCUT2D eigenvalue weighted by molar-refractivity contribution is 6.30. The van der Waals surface area contributed by atoms with Gasteiger partial charge in [-0.05, 0) is 23.8 Å². The minimum absolute atomic E-state index is 0.0657. The summed E-state index contributed by atoms with van der Waals surface area (Å²) in [5.74, 6) is 0. The molecule has 0 aliphatic rings. The van der Waals surface area contributed by atoms with Gasteiger partial charge >= 0.3 is 0 Å². The van der Waals surface area contributed by atoms with Gasteiger partial charge in [-0.15, -0.1) is 0 Å². The Balaban J connectivity index is 1.83. The standard InChI is InChI=1S/C15H14ClN3O2/c16-13-4-2-5-14(10-13)18-8-7-17-11-12-3-1-6-15(9-12)19(20)21/h1-6,9-11,18H,7-8H2. The number of non-ortho nitro benzene ring substituents is 1. The number of anilines is 1. The van der Waals surface area contributed by atoms with Crippen LogP contribution in [0.1, 0.15) is 5.56 Å². The highest BCUT2D eigenvalue weighted by Crippen LogP contribution is 2.14. The Labute approximate surface area is 127 Å². The fourth-order valence-electron chi connectivity index (χ4n) is 1.75. The van der Waals surface area contributed by atoms with E-state index in [1.165, 1.54) is 12.1 Å². The largest absolute Gasteiger partial charge is 0.383 e. The summed E-state index contributed by atoms with van der Waals surface area (Å²) >= 11 is 5.88. The molecule has 21 heavy (non-hydrogen) atoms. The van der Waals surface area contributed by atoms with Crippen LogP contribution in [0, 0.1) is 10.1 Å². The summed E-state index contributed by atoms with van der Waals surface area (Å²) in [6, 6.07) is 13.8. The maximum atomic E-state index is 10.7. The number of aliphatic imine (C=N–C) groups is 1. The van der Waals surface area contributed by atoms with Crippen LogP contribution in [0.5, 0.6) is 0 Å². The lowest BCUT2D eigenvalue weighted by Gasteiger charge is -2.04. The van der Waals surface area contributed by atoms with Crippen molar-refractivity contribution in [3.63, 3.8) is 0 Å². The molecule has 6 heteroatoms. The van der Waals surface area contributed by atoms with Gasteiger partial charge in [0, 0.05) is 35.6 Å². The monoisotopic (exact) mass is 303 g/mol. The Morgan fingerprint density at radius 1 is 1.24 bits per heavy atom. The van der Waals surface area contributed by atoms with Crippen LogP contribution in [-0.2, 0) is 0 Å². The molecule has 0 radical (unpaired) electrons. The molecular formula is C15H14ClN3O2. The van der Waals surface area contributed by atoms with Gasteiger partial charge in [0.1, 0.15) is 0 Å². The van der Waals surface area contributed by atoms with Gasteiger partial charge in [-0.1, -0.05) is 29.8 Å². The third kappa shape index (κ3) is 4.89. The van der Waals surface area contributed by atoms with E-state index in [2.05, 4.69) is 10.3 Å². The summed E-state index contributed by atoms with van der Waals surface area (Å²) in [6.45, 7) is 1.22. The van der Waals surface area contributed by atoms with E-state index in [0.29, 0.717) is 23.7 Å². The van der Waals surface area contributed by atoms with Gasteiger partial charge in [-0.2, -0.15) is 0 Å². The molecule has 0 unspecified atom stereocenters. The lowest BCUT2D eigenvalue weighted by molar-refractivity contribution is -0.384. The van der Waals surface area contributed by atoms with Crippen molar-refractivity contribution in [3.8, 4) is 0 Å². The predicted molar refractivity (Wildman–Crippen MR) is 85.5 cm³/mol. The number of nitrogens with zero attached hydrogens (tertiary/aromatic N) is 2. The van der Waals surface area contributed by atoms with Crippen molar-refractivity contribution in [3.05, 3.63) is 69.2 Å². The summed E-state index contributed by atoms with van der Waals surface area (Å²) in [5.41, 5.74) is 1.72. The number of nitrogens with one attached hydrogen (secondary N) is 1. The molecule has 0 atom stereocenters. The second-order valence-electron chi connectivity index (χ2n) is 4.32. The van der Waals surface area contributed by atoms with Gasteiger partial charge in [0.05, 0.1) is 11.5 Å². The first-order valence-corrected chi connectivity index (χ1v) is 6.77. The van der Waals surface area contributed by atoms with Gasteiger partial charge in [0.15, 0.2) is 0 Å². The number of hydrogen-bond acceptors (Lipinski definition) is 4. The molecule has 0 aliphatic carbocycles. The summed E-state index contributed by atoms with van der Waals surface area (Å²) in [4.78, 5) is 14.5. The molecule has 0 spiro atoms. The van der Waals surface area contributed by atoms with Crippen molar-refractivity contribution >= 4 is 29.2 Å². The van der Waals surface area contributed by atoms with Crippen LogP contribution in [0.3, 0.4) is 0 Å². The van der Waals surface area contributed by atoms with Crippen LogP contribution in [0.4, 0.5) is 11.4 Å². The zero-order valence-corrected chi connectivity index (χ0v) is 12.0. The zero-order valence-electron chi connectivity index (χ0n) is 11.2. The molecule has 2 rings (SSSR count). The number of nitro benzene ring substituents is 1. The average Bonchev–Trinajstić information content (AvgIpc) is 2.47. The Kier molecular flexibility index (Phi) is 5.29. The van der Waals surface area contributed by atoms with Crippen LogP contribution in [0.25, 0.3) is 0 Å². The highest BCUT2D eigenvalue weighted by Gasteiger charge is 2.03. The third-order valence-corrected chi connectivity index (χ3v) is 2.95. The van der Waals surface area contributed by atoms with Gasteiger partial charge < -0.3 is 5.32 Å². The van der Waals surface area contributed by atoms with E-state index in [4.69, 9.17) is 11.6 Å². The van der Waals surface area contributed by atoms with Crippen molar-refractivity contribution < 1.29 is 4.92 Å².